The molecular formula is C24H32F3N3O. The summed E-state index contributed by atoms with van der Waals surface area (Å²) in [5.41, 5.74) is 0.890. The van der Waals surface area contributed by atoms with Gasteiger partial charge < -0.3 is 9.64 Å². The minimum Gasteiger partial charge on any atom is -0.460 e. The van der Waals surface area contributed by atoms with Crippen LogP contribution in [0.2, 0.25) is 0 Å². The standard InChI is InChI=1S/C24H32F3N3O/c1-3-4-5-7-12-18-13-10-11-16-21(18)30(2)22-20(24(25,26)27)17-28-23(29-22)31-19-14-8-6-9-15-19/h10-11,13,16-17,19H,3-9,12,14-15H2,1-2H3. The number of aryl methyl sites for hydroxylation is 1. The van der Waals surface area contributed by atoms with Gasteiger partial charge in [0.2, 0.25) is 0 Å². The molecule has 1 aromatic carbocycles. The maximum absolute atomic E-state index is 13.8. The van der Waals surface area contributed by atoms with E-state index >= 15 is 0 Å². The first-order chi connectivity index (χ1) is 14.9. The molecule has 7 heteroatoms. The van der Waals surface area contributed by atoms with E-state index in [1.807, 2.05) is 24.3 Å². The lowest BCUT2D eigenvalue weighted by atomic mass is 9.98. The topological polar surface area (TPSA) is 38.2 Å². The minimum absolute atomic E-state index is 0.0159. The van der Waals surface area contributed by atoms with Gasteiger partial charge in [-0.1, -0.05) is 50.8 Å². The second-order valence-corrected chi connectivity index (χ2v) is 8.26. The summed E-state index contributed by atoms with van der Waals surface area (Å²) in [4.78, 5) is 9.64. The number of rotatable bonds is 9. The molecule has 0 saturated heterocycles. The molecule has 170 valence electrons. The highest BCUT2D eigenvalue weighted by molar-refractivity contribution is 5.66. The molecule has 1 heterocycles. The summed E-state index contributed by atoms with van der Waals surface area (Å²) in [6.07, 6.45) is 6.54. The van der Waals surface area contributed by atoms with Crippen LogP contribution >= 0.6 is 0 Å². The fourth-order valence-corrected chi connectivity index (χ4v) is 4.11. The highest BCUT2D eigenvalue weighted by Gasteiger charge is 2.37. The Kier molecular flexibility index (Phi) is 8.15. The Morgan fingerprint density at radius 3 is 2.52 bits per heavy atom. The molecule has 0 bridgehead atoms. The summed E-state index contributed by atoms with van der Waals surface area (Å²) in [5.74, 6) is -0.172. The summed E-state index contributed by atoms with van der Waals surface area (Å²) in [6, 6.07) is 7.61. The molecule has 0 radical (unpaired) electrons. The molecule has 3 rings (SSSR count). The molecule has 0 N–H and O–H groups in total. The van der Waals surface area contributed by atoms with Gasteiger partial charge in [-0.3, -0.25) is 0 Å². The summed E-state index contributed by atoms with van der Waals surface area (Å²) in [7, 11) is 1.63. The number of hydrogen-bond acceptors (Lipinski definition) is 4. The van der Waals surface area contributed by atoms with E-state index in [1.165, 1.54) is 4.90 Å². The Morgan fingerprint density at radius 2 is 1.81 bits per heavy atom. The highest BCUT2D eigenvalue weighted by Crippen LogP contribution is 2.39. The van der Waals surface area contributed by atoms with Gasteiger partial charge in [0, 0.05) is 18.9 Å². The molecule has 0 unspecified atom stereocenters. The van der Waals surface area contributed by atoms with E-state index in [9.17, 15) is 13.2 Å². The molecule has 1 saturated carbocycles. The SMILES string of the molecule is CCCCCCc1ccccc1N(C)c1nc(OC2CCCCC2)ncc1C(F)(F)F. The van der Waals surface area contributed by atoms with Gasteiger partial charge in [0.05, 0.1) is 0 Å². The van der Waals surface area contributed by atoms with Gasteiger partial charge in [0.1, 0.15) is 11.7 Å². The highest BCUT2D eigenvalue weighted by atomic mass is 19.4. The first-order valence-electron chi connectivity index (χ1n) is 11.3. The number of aromatic nitrogens is 2. The molecule has 31 heavy (non-hydrogen) atoms. The zero-order chi connectivity index (χ0) is 22.3. The van der Waals surface area contributed by atoms with Crippen LogP contribution in [0.25, 0.3) is 0 Å². The van der Waals surface area contributed by atoms with Crippen LogP contribution in [0.1, 0.15) is 75.8 Å². The van der Waals surface area contributed by atoms with Crippen LogP contribution in [-0.2, 0) is 12.6 Å². The molecule has 0 atom stereocenters. The van der Waals surface area contributed by atoms with Crippen molar-refractivity contribution < 1.29 is 17.9 Å². The Labute approximate surface area is 182 Å². The van der Waals surface area contributed by atoms with Crippen molar-refractivity contribution in [3.63, 3.8) is 0 Å². The van der Waals surface area contributed by atoms with Crippen molar-refractivity contribution in [2.24, 2.45) is 0 Å². The molecule has 1 aliphatic carbocycles. The van der Waals surface area contributed by atoms with E-state index in [4.69, 9.17) is 4.74 Å². The van der Waals surface area contributed by atoms with Gasteiger partial charge in [-0.15, -0.1) is 0 Å². The summed E-state index contributed by atoms with van der Waals surface area (Å²) in [5, 5.41) is 0. The van der Waals surface area contributed by atoms with Crippen LogP contribution in [-0.4, -0.2) is 23.1 Å². The molecule has 0 spiro atoms. The molecule has 0 aliphatic heterocycles. The fourth-order valence-electron chi connectivity index (χ4n) is 4.11. The molecule has 1 fully saturated rings. The number of unbranched alkanes of at least 4 members (excludes halogenated alkanes) is 3. The number of ether oxygens (including phenoxy) is 1. The lowest BCUT2D eigenvalue weighted by Gasteiger charge is -2.26. The van der Waals surface area contributed by atoms with Crippen molar-refractivity contribution in [2.45, 2.75) is 83.4 Å². The number of benzene rings is 1. The van der Waals surface area contributed by atoms with Crippen molar-refractivity contribution >= 4 is 11.5 Å². The number of alkyl halides is 3. The van der Waals surface area contributed by atoms with E-state index in [0.29, 0.717) is 0 Å². The van der Waals surface area contributed by atoms with E-state index in [1.54, 1.807) is 7.05 Å². The van der Waals surface area contributed by atoms with E-state index in [0.717, 1.165) is 81.7 Å². The van der Waals surface area contributed by atoms with Crippen LogP contribution in [0, 0.1) is 0 Å². The number of hydrogen-bond donors (Lipinski definition) is 0. The van der Waals surface area contributed by atoms with Gasteiger partial charge in [-0.05, 0) is 50.2 Å². The minimum atomic E-state index is -4.55. The van der Waals surface area contributed by atoms with Crippen molar-refractivity contribution in [3.05, 3.63) is 41.6 Å². The Balaban J connectivity index is 1.89. The Hall–Kier alpha value is -2.31. The monoisotopic (exact) mass is 435 g/mol. The number of halogens is 3. The van der Waals surface area contributed by atoms with E-state index < -0.39 is 11.7 Å². The third kappa shape index (κ3) is 6.34. The largest absolute Gasteiger partial charge is 0.460 e. The van der Waals surface area contributed by atoms with Gasteiger partial charge >= 0.3 is 12.2 Å². The lowest BCUT2D eigenvalue weighted by Crippen LogP contribution is -2.23. The Bertz CT molecular complexity index is 835. The zero-order valence-corrected chi connectivity index (χ0v) is 18.4. The number of anilines is 2. The quantitative estimate of drug-likeness (QED) is 0.394. The van der Waals surface area contributed by atoms with Crippen LogP contribution in [0.4, 0.5) is 24.7 Å². The molecule has 2 aromatic rings. The van der Waals surface area contributed by atoms with E-state index in [2.05, 4.69) is 16.9 Å². The Morgan fingerprint density at radius 1 is 1.06 bits per heavy atom. The fraction of sp³-hybridized carbons (Fsp3) is 0.583. The van der Waals surface area contributed by atoms with Gasteiger partial charge in [0.25, 0.3) is 0 Å². The van der Waals surface area contributed by atoms with Gasteiger partial charge in [-0.2, -0.15) is 18.2 Å². The maximum atomic E-state index is 13.8. The first kappa shape index (κ1) is 23.4. The predicted octanol–water partition coefficient (Wildman–Crippen LogP) is 7.10. The number of para-hydroxylation sites is 1. The normalized spacial score (nSPS) is 15.1. The van der Waals surface area contributed by atoms with Crippen molar-refractivity contribution in [2.75, 3.05) is 11.9 Å². The average molecular weight is 436 g/mol. The second-order valence-electron chi connectivity index (χ2n) is 8.26. The predicted molar refractivity (Wildman–Crippen MR) is 117 cm³/mol. The van der Waals surface area contributed by atoms with Crippen LogP contribution in [0.5, 0.6) is 6.01 Å². The molecule has 4 nitrogen and oxygen atoms in total. The van der Waals surface area contributed by atoms with Crippen molar-refractivity contribution in [3.8, 4) is 6.01 Å². The van der Waals surface area contributed by atoms with Crippen molar-refractivity contribution in [1.82, 2.24) is 9.97 Å². The number of nitrogens with zero attached hydrogens (tertiary/aromatic N) is 3. The summed E-state index contributed by atoms with van der Waals surface area (Å²) < 4.78 is 47.1. The second kappa shape index (κ2) is 10.8. The molecular weight excluding hydrogens is 403 g/mol. The van der Waals surface area contributed by atoms with Crippen LogP contribution in [0.3, 0.4) is 0 Å². The molecule has 1 aliphatic rings. The van der Waals surface area contributed by atoms with Crippen LogP contribution < -0.4 is 9.64 Å². The summed E-state index contributed by atoms with van der Waals surface area (Å²) >= 11 is 0. The molecule has 1 aromatic heterocycles. The zero-order valence-electron chi connectivity index (χ0n) is 18.4. The average Bonchev–Trinajstić information content (AvgIpc) is 2.76. The lowest BCUT2D eigenvalue weighted by molar-refractivity contribution is -0.137. The first-order valence-corrected chi connectivity index (χ1v) is 11.3. The van der Waals surface area contributed by atoms with Gasteiger partial charge in [0.15, 0.2) is 5.82 Å². The summed E-state index contributed by atoms with van der Waals surface area (Å²) in [6.45, 7) is 2.16. The van der Waals surface area contributed by atoms with Gasteiger partial charge in [-0.25, -0.2) is 4.98 Å². The molecule has 0 amide bonds. The van der Waals surface area contributed by atoms with Crippen LogP contribution in [0.15, 0.2) is 30.5 Å². The van der Waals surface area contributed by atoms with E-state index in [-0.39, 0.29) is 17.9 Å². The third-order valence-electron chi connectivity index (χ3n) is 5.85. The maximum Gasteiger partial charge on any atom is 0.421 e. The van der Waals surface area contributed by atoms with Crippen molar-refractivity contribution in [1.29, 1.82) is 0 Å². The smallest absolute Gasteiger partial charge is 0.421 e. The third-order valence-corrected chi connectivity index (χ3v) is 5.85.